The summed E-state index contributed by atoms with van der Waals surface area (Å²) in [6.45, 7) is -2.42. The minimum absolute atomic E-state index is 0. The van der Waals surface area contributed by atoms with Gasteiger partial charge in [0.1, 0.15) is 0 Å². The summed E-state index contributed by atoms with van der Waals surface area (Å²) in [5.41, 5.74) is 11.7. The van der Waals surface area contributed by atoms with Crippen molar-refractivity contribution in [3.05, 3.63) is 101 Å². The third-order valence-corrected chi connectivity index (χ3v) is 6.75. The van der Waals surface area contributed by atoms with Crippen LogP contribution in [0.15, 0.2) is 71.9 Å². The number of aromatic nitrogens is 2. The topological polar surface area (TPSA) is 96.3 Å². The SMILES string of the molecule is C.C=C(C)[B-](F)(F)F.C=C(C)c1c(N)c(-c2ccnc(F)c2)cc(OC(F)F)c1F.Nc1c(-c2ccnc(F)c2)cc(OC(F)F)c(F)c1Br.[K+]. The fraction of sp³-hybridized carbons (Fsp3) is 0.161. The molecular formula is C31H28BBrF11KN4O2. The molecule has 4 N–H and O–H groups in total. The molecule has 0 aliphatic carbocycles. The smallest absolute Gasteiger partial charge is 0.445 e. The first-order chi connectivity index (χ1) is 22.6. The number of hydrogen-bond acceptors (Lipinski definition) is 6. The van der Waals surface area contributed by atoms with Crippen molar-refractivity contribution >= 4 is 39.9 Å². The molecule has 0 spiro atoms. The van der Waals surface area contributed by atoms with Crippen LogP contribution in [0.5, 0.6) is 11.5 Å². The van der Waals surface area contributed by atoms with E-state index >= 15 is 0 Å². The van der Waals surface area contributed by atoms with Crippen molar-refractivity contribution < 1.29 is 109 Å². The molecule has 0 fully saturated rings. The normalized spacial score (nSPS) is 10.5. The van der Waals surface area contributed by atoms with Gasteiger partial charge in [-0.05, 0) is 63.8 Å². The van der Waals surface area contributed by atoms with E-state index in [0.29, 0.717) is 0 Å². The summed E-state index contributed by atoms with van der Waals surface area (Å²) in [4.78, 5) is 6.75. The third-order valence-electron chi connectivity index (χ3n) is 5.97. The molecule has 272 valence electrons. The summed E-state index contributed by atoms with van der Waals surface area (Å²) in [6.07, 6.45) is 2.36. The van der Waals surface area contributed by atoms with Gasteiger partial charge in [0.25, 0.3) is 0 Å². The summed E-state index contributed by atoms with van der Waals surface area (Å²) in [6, 6.07) is 6.90. The fourth-order valence-electron chi connectivity index (χ4n) is 3.66. The summed E-state index contributed by atoms with van der Waals surface area (Å²) >= 11 is 2.85. The van der Waals surface area contributed by atoms with Crippen molar-refractivity contribution in [2.45, 2.75) is 34.5 Å². The van der Waals surface area contributed by atoms with Gasteiger partial charge in [-0.2, -0.15) is 26.3 Å². The van der Waals surface area contributed by atoms with Gasteiger partial charge < -0.3 is 33.9 Å². The molecule has 4 aromatic rings. The van der Waals surface area contributed by atoms with Gasteiger partial charge in [0, 0.05) is 41.2 Å². The van der Waals surface area contributed by atoms with Crippen LogP contribution in [0.4, 0.5) is 59.4 Å². The number of alkyl halides is 4. The predicted molar refractivity (Wildman–Crippen MR) is 174 cm³/mol. The first-order valence-electron chi connectivity index (χ1n) is 13.2. The minimum Gasteiger partial charge on any atom is -0.445 e. The number of halogens is 12. The first-order valence-corrected chi connectivity index (χ1v) is 14.0. The maximum Gasteiger partial charge on any atom is 1.00 e. The summed E-state index contributed by atoms with van der Waals surface area (Å²) in [7, 11) is 0. The minimum atomic E-state index is -4.75. The van der Waals surface area contributed by atoms with Crippen LogP contribution in [0.3, 0.4) is 0 Å². The molecule has 2 aromatic carbocycles. The van der Waals surface area contributed by atoms with Crippen LogP contribution in [0.2, 0.25) is 0 Å². The third kappa shape index (κ3) is 13.7. The Labute approximate surface area is 336 Å². The van der Waals surface area contributed by atoms with Crippen molar-refractivity contribution in [3.8, 4) is 33.8 Å². The van der Waals surface area contributed by atoms with Gasteiger partial charge in [0.15, 0.2) is 23.1 Å². The van der Waals surface area contributed by atoms with Crippen LogP contribution < -0.4 is 72.3 Å². The zero-order valence-corrected chi connectivity index (χ0v) is 30.9. The van der Waals surface area contributed by atoms with E-state index in [1.807, 2.05) is 0 Å². The second-order valence-corrected chi connectivity index (χ2v) is 10.5. The molecule has 0 unspecified atom stereocenters. The molecule has 0 saturated carbocycles. The van der Waals surface area contributed by atoms with Gasteiger partial charge in [-0.3, -0.25) is 0 Å². The maximum absolute atomic E-state index is 14.2. The Kier molecular flexibility index (Phi) is 19.5. The molecule has 0 aliphatic heterocycles. The number of nitrogen functional groups attached to an aromatic ring is 2. The van der Waals surface area contributed by atoms with E-state index in [9.17, 15) is 48.1 Å². The second kappa shape index (κ2) is 20.8. The molecule has 51 heavy (non-hydrogen) atoms. The monoisotopic (exact) mass is 826 g/mol. The van der Waals surface area contributed by atoms with E-state index in [0.717, 1.165) is 31.2 Å². The molecule has 0 radical (unpaired) electrons. The predicted octanol–water partition coefficient (Wildman–Crippen LogP) is 7.81. The first kappa shape index (κ1) is 47.8. The zero-order chi connectivity index (χ0) is 37.4. The van der Waals surface area contributed by atoms with Crippen molar-refractivity contribution in [1.29, 1.82) is 0 Å². The van der Waals surface area contributed by atoms with Crippen LogP contribution in [0.1, 0.15) is 26.8 Å². The van der Waals surface area contributed by atoms with E-state index in [-0.39, 0.29) is 108 Å². The molecular weight excluding hydrogens is 799 g/mol. The molecule has 0 saturated heterocycles. The summed E-state index contributed by atoms with van der Waals surface area (Å²) < 4.78 is 145. The molecule has 2 heterocycles. The molecule has 20 heteroatoms. The van der Waals surface area contributed by atoms with Crippen LogP contribution in [-0.4, -0.2) is 30.2 Å². The van der Waals surface area contributed by atoms with Crippen LogP contribution in [0.25, 0.3) is 27.8 Å². The van der Waals surface area contributed by atoms with E-state index in [1.165, 1.54) is 31.5 Å². The molecule has 0 amide bonds. The van der Waals surface area contributed by atoms with E-state index in [4.69, 9.17) is 11.5 Å². The largest absolute Gasteiger partial charge is 1.00 e. The standard InChI is InChI=1S/C15H12F4N2O.C12H7BrF4N2O.C3H5BF3.CH4.K/c1-7(2)12-13(17)10(22-15(18)19)6-9(14(12)20)8-3-4-21-11(16)5-8;13-9-10(15)7(20-12(16)17)4-6(11(9)18)5-1-2-19-8(14)3-5;1-3(2)4(5,6)7;;/h3-6,15H,1,20H2,2H3;1-4,12H,18H2;1H2,2H3;1H4;/q;;-1;;+1. The Bertz CT molecular complexity index is 1830. The second-order valence-electron chi connectivity index (χ2n) is 9.68. The summed E-state index contributed by atoms with van der Waals surface area (Å²) in [5, 5.41) is 0. The molecule has 0 atom stereocenters. The maximum atomic E-state index is 14.2. The van der Waals surface area contributed by atoms with Crippen molar-refractivity contribution in [2.75, 3.05) is 11.5 Å². The average Bonchev–Trinajstić information content (AvgIpc) is 2.98. The number of rotatable bonds is 8. The van der Waals surface area contributed by atoms with Crippen LogP contribution in [-0.2, 0) is 0 Å². The number of ether oxygens (including phenoxy) is 2. The van der Waals surface area contributed by atoms with Gasteiger partial charge >= 0.3 is 71.6 Å². The Morgan fingerprint density at radius 2 is 1.12 bits per heavy atom. The molecule has 0 bridgehead atoms. The quantitative estimate of drug-likeness (QED) is 0.0816. The average molecular weight is 827 g/mol. The van der Waals surface area contributed by atoms with Crippen molar-refractivity contribution in [1.82, 2.24) is 9.97 Å². The Balaban J connectivity index is 0.000000803. The fourth-order valence-corrected chi connectivity index (χ4v) is 4.07. The number of allylic oxidation sites excluding steroid dienone is 2. The number of nitrogens with two attached hydrogens (primary N) is 2. The number of anilines is 2. The Morgan fingerprint density at radius 3 is 1.45 bits per heavy atom. The van der Waals surface area contributed by atoms with Crippen LogP contribution in [0, 0.1) is 23.5 Å². The van der Waals surface area contributed by atoms with Gasteiger partial charge in [-0.1, -0.05) is 20.9 Å². The molecule has 2 aromatic heterocycles. The number of pyridine rings is 2. The molecule has 4 rings (SSSR count). The van der Waals surface area contributed by atoms with E-state index < -0.39 is 60.7 Å². The Morgan fingerprint density at radius 1 is 0.745 bits per heavy atom. The van der Waals surface area contributed by atoms with Gasteiger partial charge in [0.2, 0.25) is 11.9 Å². The van der Waals surface area contributed by atoms with Gasteiger partial charge in [-0.15, -0.1) is 12.1 Å². The van der Waals surface area contributed by atoms with Crippen molar-refractivity contribution in [3.63, 3.8) is 0 Å². The van der Waals surface area contributed by atoms with Gasteiger partial charge in [0.05, 0.1) is 15.8 Å². The van der Waals surface area contributed by atoms with E-state index in [2.05, 4.69) is 48.5 Å². The van der Waals surface area contributed by atoms with Crippen molar-refractivity contribution in [2.24, 2.45) is 0 Å². The molecule has 6 nitrogen and oxygen atoms in total. The number of benzene rings is 2. The zero-order valence-electron chi connectivity index (χ0n) is 26.2. The number of nitrogens with zero attached hydrogens (tertiary/aromatic N) is 2. The molecule has 0 aliphatic rings. The van der Waals surface area contributed by atoms with Crippen LogP contribution >= 0.6 is 15.9 Å². The van der Waals surface area contributed by atoms with Gasteiger partial charge in [-0.25, -0.2) is 18.7 Å². The van der Waals surface area contributed by atoms with E-state index in [1.54, 1.807) is 0 Å². The Hall–Kier alpha value is -3.17. The number of hydrogen-bond donors (Lipinski definition) is 2. The summed E-state index contributed by atoms with van der Waals surface area (Å²) in [5.74, 6) is -5.03.